The van der Waals surface area contributed by atoms with Gasteiger partial charge in [0, 0.05) is 13.0 Å². The summed E-state index contributed by atoms with van der Waals surface area (Å²) in [6, 6.07) is 4.34. The molecule has 1 aromatic heterocycles. The molecule has 0 spiro atoms. The van der Waals surface area contributed by atoms with Crippen molar-refractivity contribution < 1.29 is 35.9 Å². The maximum Gasteiger partial charge on any atom is 0.417 e. The van der Waals surface area contributed by atoms with Gasteiger partial charge in [0.15, 0.2) is 5.11 Å². The number of hydrogen-bond acceptors (Lipinski definition) is 6. The smallest absolute Gasteiger partial charge is 0.328 e. The molecule has 1 aromatic carbocycles. The molecular formula is C22H20F6N6O2S. The van der Waals surface area contributed by atoms with E-state index in [0.717, 1.165) is 11.0 Å². The largest absolute Gasteiger partial charge is 0.417 e. The number of thiocarbonyl (C=S) groups is 1. The fourth-order valence-electron chi connectivity index (χ4n) is 3.76. The van der Waals surface area contributed by atoms with Crippen LogP contribution in [0.4, 0.5) is 32.0 Å². The van der Waals surface area contributed by atoms with Crippen molar-refractivity contribution >= 4 is 34.7 Å². The van der Waals surface area contributed by atoms with Crippen molar-refractivity contribution in [3.63, 3.8) is 0 Å². The van der Waals surface area contributed by atoms with E-state index >= 15 is 0 Å². The molecule has 0 atom stereocenters. The topological polar surface area (TPSA) is 95.1 Å². The molecule has 8 nitrogen and oxygen atoms in total. The number of anilines is 1. The van der Waals surface area contributed by atoms with Crippen LogP contribution < -0.4 is 4.90 Å². The molecule has 0 radical (unpaired) electrons. The van der Waals surface area contributed by atoms with Crippen molar-refractivity contribution in [3.8, 4) is 6.07 Å². The second-order valence-electron chi connectivity index (χ2n) is 8.81. The van der Waals surface area contributed by atoms with E-state index in [1.165, 1.54) is 41.8 Å². The van der Waals surface area contributed by atoms with Crippen LogP contribution in [0.2, 0.25) is 0 Å². The van der Waals surface area contributed by atoms with Gasteiger partial charge in [0.1, 0.15) is 23.4 Å². The van der Waals surface area contributed by atoms with Crippen molar-refractivity contribution in [2.75, 3.05) is 4.90 Å². The van der Waals surface area contributed by atoms with E-state index in [4.69, 9.17) is 17.5 Å². The average Bonchev–Trinajstić information content (AvgIpc) is 3.28. The Kier molecular flexibility index (Phi) is 7.64. The third kappa shape index (κ3) is 6.24. The van der Waals surface area contributed by atoms with Gasteiger partial charge in [-0.1, -0.05) is 5.21 Å². The van der Waals surface area contributed by atoms with Crippen LogP contribution in [0.5, 0.6) is 0 Å². The first-order chi connectivity index (χ1) is 17.0. The Hall–Kier alpha value is -3.54. The molecule has 2 heterocycles. The summed E-state index contributed by atoms with van der Waals surface area (Å²) in [5, 5.41) is 16.8. The van der Waals surface area contributed by atoms with Gasteiger partial charge in [0.2, 0.25) is 0 Å². The first-order valence-electron chi connectivity index (χ1n) is 10.8. The zero-order chi connectivity index (χ0) is 27.8. The van der Waals surface area contributed by atoms with Crippen molar-refractivity contribution in [1.29, 1.82) is 5.26 Å². The van der Waals surface area contributed by atoms with Crippen molar-refractivity contribution in [2.24, 2.45) is 0 Å². The summed E-state index contributed by atoms with van der Waals surface area (Å²) in [5.74, 6) is -1.53. The molecule has 37 heavy (non-hydrogen) atoms. The van der Waals surface area contributed by atoms with Gasteiger partial charge in [-0.15, -0.1) is 5.10 Å². The van der Waals surface area contributed by atoms with Crippen LogP contribution >= 0.6 is 12.2 Å². The number of halogens is 6. The number of aromatic nitrogens is 3. The molecule has 1 amide bonds. The minimum absolute atomic E-state index is 0.0382. The molecule has 0 N–H and O–H groups in total. The summed E-state index contributed by atoms with van der Waals surface area (Å²) >= 11 is 5.42. The number of carbonyl (C=O) groups excluding carboxylic acids is 2. The van der Waals surface area contributed by atoms with Gasteiger partial charge in [-0.3, -0.25) is 19.2 Å². The number of Topliss-reactive ketones (excluding diaryl/α,β-unsaturated/α-hetero) is 1. The zero-order valence-corrected chi connectivity index (χ0v) is 20.3. The number of hydrogen-bond donors (Lipinski definition) is 0. The standard InChI is InChI=1S/C22H20F6N6O2S/c1-20(2)18(36)34(15-6-5-13(10-29)17(8-15)22(26,27)28)19(37)33(20)12-14-11-32(31-30-14)7-3-4-16(35)9-21(23,24)25/h5-6,8,11H,3-4,7,9,12H2,1-2H3. The second-order valence-corrected chi connectivity index (χ2v) is 9.18. The van der Waals surface area contributed by atoms with E-state index in [9.17, 15) is 35.9 Å². The number of ketones is 1. The van der Waals surface area contributed by atoms with Crippen LogP contribution in [-0.2, 0) is 28.9 Å². The van der Waals surface area contributed by atoms with E-state index in [-0.39, 0.29) is 36.7 Å². The van der Waals surface area contributed by atoms with Gasteiger partial charge in [-0.25, -0.2) is 0 Å². The SMILES string of the molecule is CC1(C)C(=O)N(c2ccc(C#N)c(C(F)(F)F)c2)C(=S)N1Cc1cn(CCCC(=O)CC(F)(F)F)nn1. The Balaban J connectivity index is 1.74. The summed E-state index contributed by atoms with van der Waals surface area (Å²) in [6.45, 7) is 3.16. The summed E-state index contributed by atoms with van der Waals surface area (Å²) < 4.78 is 78.4. The molecule has 1 fully saturated rings. The Morgan fingerprint density at radius 1 is 1.19 bits per heavy atom. The highest BCUT2D eigenvalue weighted by atomic mass is 32.1. The Bertz CT molecular complexity index is 1260. The minimum atomic E-state index is -4.82. The molecule has 0 bridgehead atoms. The number of carbonyl (C=O) groups is 2. The molecule has 0 unspecified atom stereocenters. The van der Waals surface area contributed by atoms with Crippen molar-refractivity contribution in [2.45, 2.75) is 64.1 Å². The molecule has 1 aliphatic heterocycles. The zero-order valence-electron chi connectivity index (χ0n) is 19.5. The molecule has 1 aliphatic rings. The quantitative estimate of drug-likeness (QED) is 0.358. The maximum atomic E-state index is 13.4. The molecule has 3 rings (SSSR count). The highest BCUT2D eigenvalue weighted by Gasteiger charge is 2.50. The van der Waals surface area contributed by atoms with Crippen LogP contribution in [0.1, 0.15) is 49.9 Å². The van der Waals surface area contributed by atoms with E-state index in [1.807, 2.05) is 0 Å². The van der Waals surface area contributed by atoms with E-state index in [0.29, 0.717) is 11.8 Å². The number of benzene rings is 1. The minimum Gasteiger partial charge on any atom is -0.328 e. The maximum absolute atomic E-state index is 13.4. The normalized spacial score (nSPS) is 15.9. The lowest BCUT2D eigenvalue weighted by atomic mass is 10.0. The first-order valence-corrected chi connectivity index (χ1v) is 11.2. The number of alkyl halides is 6. The summed E-state index contributed by atoms with van der Waals surface area (Å²) in [7, 11) is 0. The number of aryl methyl sites for hydroxylation is 1. The molecule has 0 aliphatic carbocycles. The van der Waals surface area contributed by atoms with E-state index < -0.39 is 47.1 Å². The second kappa shape index (κ2) is 10.1. The monoisotopic (exact) mass is 546 g/mol. The third-order valence-corrected chi connectivity index (χ3v) is 6.06. The molecule has 2 aromatic rings. The fraction of sp³-hybridized carbons (Fsp3) is 0.455. The predicted molar refractivity (Wildman–Crippen MR) is 121 cm³/mol. The molecule has 15 heteroatoms. The van der Waals surface area contributed by atoms with Crippen LogP contribution in [-0.4, -0.2) is 48.4 Å². The molecule has 198 valence electrons. The van der Waals surface area contributed by atoms with Gasteiger partial charge in [-0.2, -0.15) is 31.6 Å². The summed E-state index contributed by atoms with van der Waals surface area (Å²) in [5.41, 5.74) is -2.87. The fourth-order valence-corrected chi connectivity index (χ4v) is 4.25. The molecule has 1 saturated heterocycles. The Morgan fingerprint density at radius 3 is 2.46 bits per heavy atom. The first kappa shape index (κ1) is 28.0. The van der Waals surface area contributed by atoms with Crippen LogP contribution in [0.3, 0.4) is 0 Å². The van der Waals surface area contributed by atoms with Crippen LogP contribution in [0.25, 0.3) is 0 Å². The predicted octanol–water partition coefficient (Wildman–Crippen LogP) is 4.38. The Labute approximate surface area is 212 Å². The average molecular weight is 546 g/mol. The van der Waals surface area contributed by atoms with Gasteiger partial charge < -0.3 is 4.90 Å². The lowest BCUT2D eigenvalue weighted by Crippen LogP contribution is -2.43. The number of nitriles is 1. The Morgan fingerprint density at radius 2 is 1.86 bits per heavy atom. The van der Waals surface area contributed by atoms with E-state index in [2.05, 4.69) is 10.3 Å². The van der Waals surface area contributed by atoms with Gasteiger partial charge in [-0.05, 0) is 50.7 Å². The lowest BCUT2D eigenvalue weighted by molar-refractivity contribution is -0.152. The van der Waals surface area contributed by atoms with Gasteiger partial charge in [0.25, 0.3) is 5.91 Å². The molecule has 0 saturated carbocycles. The number of rotatable bonds is 8. The number of nitrogens with zero attached hydrogens (tertiary/aromatic N) is 6. The van der Waals surface area contributed by atoms with Gasteiger partial charge in [0.05, 0.1) is 35.6 Å². The third-order valence-electron chi connectivity index (χ3n) is 5.66. The highest BCUT2D eigenvalue weighted by Crippen LogP contribution is 2.38. The van der Waals surface area contributed by atoms with Gasteiger partial charge >= 0.3 is 12.4 Å². The van der Waals surface area contributed by atoms with Crippen LogP contribution in [0.15, 0.2) is 24.4 Å². The van der Waals surface area contributed by atoms with Crippen LogP contribution in [0, 0.1) is 11.3 Å². The number of amides is 1. The highest BCUT2D eigenvalue weighted by molar-refractivity contribution is 7.80. The molecular weight excluding hydrogens is 526 g/mol. The lowest BCUT2D eigenvalue weighted by Gasteiger charge is -2.28. The summed E-state index contributed by atoms with van der Waals surface area (Å²) in [6.07, 6.45) is -9.58. The van der Waals surface area contributed by atoms with Crippen molar-refractivity contribution in [1.82, 2.24) is 19.9 Å². The van der Waals surface area contributed by atoms with E-state index in [1.54, 1.807) is 0 Å². The summed E-state index contributed by atoms with van der Waals surface area (Å²) in [4.78, 5) is 27.0. The van der Waals surface area contributed by atoms with Crippen molar-refractivity contribution in [3.05, 3.63) is 41.2 Å².